The van der Waals surface area contributed by atoms with Crippen molar-refractivity contribution in [1.82, 2.24) is 4.90 Å². The maximum Gasteiger partial charge on any atom is 0.307 e. The third-order valence-electron chi connectivity index (χ3n) is 3.95. The Bertz CT molecular complexity index is 509. The normalized spacial score (nSPS) is 23.3. The summed E-state index contributed by atoms with van der Waals surface area (Å²) >= 11 is 1.61. The van der Waals surface area contributed by atoms with Crippen LogP contribution < -0.4 is 0 Å². The molecule has 1 N–H and O–H groups in total. The van der Waals surface area contributed by atoms with Gasteiger partial charge in [0.2, 0.25) is 5.91 Å². The molecule has 108 valence electrons. The fraction of sp³-hybridized carbons (Fsp3) is 0.467. The Morgan fingerprint density at radius 2 is 2.00 bits per heavy atom. The number of amides is 1. The van der Waals surface area contributed by atoms with Crippen molar-refractivity contribution >= 4 is 23.2 Å². The Kier molecular flexibility index (Phi) is 4.60. The van der Waals surface area contributed by atoms with Gasteiger partial charge >= 0.3 is 5.97 Å². The maximum atomic E-state index is 12.6. The molecule has 0 aliphatic heterocycles. The van der Waals surface area contributed by atoms with Crippen LogP contribution in [0.25, 0.3) is 0 Å². The second-order valence-corrected chi connectivity index (χ2v) is 6.11. The van der Waals surface area contributed by atoms with E-state index in [-0.39, 0.29) is 11.9 Å². The Morgan fingerprint density at radius 1 is 1.35 bits per heavy atom. The lowest BCUT2D eigenvalue weighted by atomic mass is 9.82. The molecular formula is C15H19NO3S. The van der Waals surface area contributed by atoms with Crippen molar-refractivity contribution in [1.29, 1.82) is 0 Å². The van der Waals surface area contributed by atoms with Crippen molar-refractivity contribution in [3.8, 4) is 0 Å². The zero-order chi connectivity index (χ0) is 14.7. The minimum absolute atomic E-state index is 0.0251. The predicted octanol–water partition coefficient (Wildman–Crippen LogP) is 2.93. The third-order valence-corrected chi connectivity index (χ3v) is 4.99. The van der Waals surface area contributed by atoms with Gasteiger partial charge in [0.15, 0.2) is 0 Å². The fourth-order valence-electron chi connectivity index (χ4n) is 2.53. The van der Waals surface area contributed by atoms with Crippen LogP contribution >= 0.6 is 11.3 Å². The number of carboxylic acids is 1. The number of carbonyl (C=O) groups excluding carboxylic acids is 1. The lowest BCUT2D eigenvalue weighted by Crippen LogP contribution is -2.40. The Hall–Kier alpha value is -1.62. The zero-order valence-corrected chi connectivity index (χ0v) is 12.5. The molecule has 0 spiro atoms. The zero-order valence-electron chi connectivity index (χ0n) is 11.7. The molecule has 2 rings (SSSR count). The monoisotopic (exact) mass is 293 g/mol. The highest BCUT2D eigenvalue weighted by Crippen LogP contribution is 2.31. The van der Waals surface area contributed by atoms with Crippen molar-refractivity contribution in [2.75, 3.05) is 7.05 Å². The van der Waals surface area contributed by atoms with Gasteiger partial charge in [-0.1, -0.05) is 18.2 Å². The summed E-state index contributed by atoms with van der Waals surface area (Å²) in [4.78, 5) is 26.7. The van der Waals surface area contributed by atoms with Crippen molar-refractivity contribution in [3.05, 3.63) is 34.5 Å². The summed E-state index contributed by atoms with van der Waals surface area (Å²) in [6.07, 6.45) is 4.71. The first-order valence-corrected chi connectivity index (χ1v) is 7.58. The number of nitrogens with zero attached hydrogens (tertiary/aromatic N) is 1. The number of aliphatic carboxylic acids is 1. The molecule has 1 amide bonds. The van der Waals surface area contributed by atoms with Crippen LogP contribution in [0.15, 0.2) is 29.7 Å². The SMILES string of the molecule is CC(c1cccs1)N(C)C(=O)[C@@H]1CC=CC[C@@H]1C(=O)O. The average Bonchev–Trinajstić information content (AvgIpc) is 2.99. The van der Waals surface area contributed by atoms with E-state index in [9.17, 15) is 14.7 Å². The van der Waals surface area contributed by atoms with Crippen LogP contribution in [0.2, 0.25) is 0 Å². The van der Waals surface area contributed by atoms with Crippen LogP contribution in [0, 0.1) is 11.8 Å². The lowest BCUT2D eigenvalue weighted by Gasteiger charge is -2.31. The van der Waals surface area contributed by atoms with Gasteiger partial charge in [0.25, 0.3) is 0 Å². The fourth-order valence-corrected chi connectivity index (χ4v) is 3.36. The van der Waals surface area contributed by atoms with Gasteiger partial charge in [-0.05, 0) is 31.2 Å². The molecule has 20 heavy (non-hydrogen) atoms. The number of hydrogen-bond donors (Lipinski definition) is 1. The number of thiophene rings is 1. The van der Waals surface area contributed by atoms with Crippen LogP contribution in [0.1, 0.15) is 30.7 Å². The average molecular weight is 293 g/mol. The molecule has 1 aromatic heterocycles. The first-order valence-electron chi connectivity index (χ1n) is 6.70. The van der Waals surface area contributed by atoms with E-state index in [0.29, 0.717) is 12.8 Å². The molecule has 0 saturated heterocycles. The molecule has 0 aromatic carbocycles. The first kappa shape index (κ1) is 14.8. The van der Waals surface area contributed by atoms with Crippen LogP contribution in [0.3, 0.4) is 0 Å². The summed E-state index contributed by atoms with van der Waals surface area (Å²) in [6, 6.07) is 3.93. The summed E-state index contributed by atoms with van der Waals surface area (Å²) in [7, 11) is 1.75. The van der Waals surface area contributed by atoms with E-state index in [1.165, 1.54) is 0 Å². The summed E-state index contributed by atoms with van der Waals surface area (Å²) < 4.78 is 0. The molecule has 0 saturated carbocycles. The molecule has 3 atom stereocenters. The van der Waals surface area contributed by atoms with Gasteiger partial charge in [-0.25, -0.2) is 0 Å². The van der Waals surface area contributed by atoms with Crippen LogP contribution in [-0.2, 0) is 9.59 Å². The minimum Gasteiger partial charge on any atom is -0.481 e. The van der Waals surface area contributed by atoms with E-state index in [4.69, 9.17) is 0 Å². The largest absolute Gasteiger partial charge is 0.481 e. The van der Waals surface area contributed by atoms with E-state index >= 15 is 0 Å². The van der Waals surface area contributed by atoms with Crippen molar-refractivity contribution in [3.63, 3.8) is 0 Å². The maximum absolute atomic E-state index is 12.6. The lowest BCUT2D eigenvalue weighted by molar-refractivity contribution is -0.150. The number of allylic oxidation sites excluding steroid dienone is 2. The Balaban J connectivity index is 2.13. The molecule has 4 nitrogen and oxygen atoms in total. The van der Waals surface area contributed by atoms with Crippen molar-refractivity contribution in [2.24, 2.45) is 11.8 Å². The molecule has 1 heterocycles. The van der Waals surface area contributed by atoms with Gasteiger partial charge in [0.05, 0.1) is 17.9 Å². The highest BCUT2D eigenvalue weighted by atomic mass is 32.1. The van der Waals surface area contributed by atoms with E-state index in [2.05, 4.69) is 0 Å². The summed E-state index contributed by atoms with van der Waals surface area (Å²) in [5, 5.41) is 11.2. The Labute approximate surface area is 122 Å². The van der Waals surface area contributed by atoms with Crippen LogP contribution in [0.4, 0.5) is 0 Å². The van der Waals surface area contributed by atoms with Gasteiger partial charge in [0.1, 0.15) is 0 Å². The van der Waals surface area contributed by atoms with Gasteiger partial charge in [0, 0.05) is 11.9 Å². The number of carbonyl (C=O) groups is 2. The molecular weight excluding hydrogens is 274 g/mol. The minimum atomic E-state index is -0.884. The second kappa shape index (κ2) is 6.22. The molecule has 5 heteroatoms. The van der Waals surface area contributed by atoms with E-state index in [1.54, 1.807) is 23.3 Å². The molecule has 0 fully saturated rings. The van der Waals surface area contributed by atoms with E-state index < -0.39 is 17.8 Å². The molecule has 1 unspecified atom stereocenters. The molecule has 0 bridgehead atoms. The van der Waals surface area contributed by atoms with Gasteiger partial charge < -0.3 is 10.0 Å². The number of hydrogen-bond acceptors (Lipinski definition) is 3. The third kappa shape index (κ3) is 2.93. The Morgan fingerprint density at radius 3 is 2.55 bits per heavy atom. The van der Waals surface area contributed by atoms with E-state index in [0.717, 1.165) is 4.88 Å². The summed E-state index contributed by atoms with van der Waals surface area (Å²) in [6.45, 7) is 1.97. The van der Waals surface area contributed by atoms with Crippen LogP contribution in [0.5, 0.6) is 0 Å². The van der Waals surface area contributed by atoms with Gasteiger partial charge in [-0.3, -0.25) is 9.59 Å². The molecule has 1 aliphatic carbocycles. The van der Waals surface area contributed by atoms with Crippen LogP contribution in [-0.4, -0.2) is 28.9 Å². The predicted molar refractivity (Wildman–Crippen MR) is 78.5 cm³/mol. The van der Waals surface area contributed by atoms with E-state index in [1.807, 2.05) is 36.6 Å². The van der Waals surface area contributed by atoms with Crippen molar-refractivity contribution in [2.45, 2.75) is 25.8 Å². The summed E-state index contributed by atoms with van der Waals surface area (Å²) in [5.74, 6) is -2.03. The van der Waals surface area contributed by atoms with Gasteiger partial charge in [-0.15, -0.1) is 11.3 Å². The topological polar surface area (TPSA) is 57.6 Å². The quantitative estimate of drug-likeness (QED) is 0.868. The highest BCUT2D eigenvalue weighted by Gasteiger charge is 2.36. The summed E-state index contributed by atoms with van der Waals surface area (Å²) in [5.41, 5.74) is 0. The number of rotatable bonds is 4. The second-order valence-electron chi connectivity index (χ2n) is 5.13. The molecule has 1 aliphatic rings. The molecule has 1 aromatic rings. The first-order chi connectivity index (χ1) is 9.52. The van der Waals surface area contributed by atoms with Crippen molar-refractivity contribution < 1.29 is 14.7 Å². The molecule has 0 radical (unpaired) electrons. The number of carboxylic acid groups (broad SMARTS) is 1. The standard InChI is InChI=1S/C15H19NO3S/c1-10(13-8-5-9-20-13)16(2)14(17)11-6-3-4-7-12(11)15(18)19/h3-5,8-12H,6-7H2,1-2H3,(H,18,19)/t10?,11-,12+/m1/s1. The smallest absolute Gasteiger partial charge is 0.307 e. The van der Waals surface area contributed by atoms with Gasteiger partial charge in [-0.2, -0.15) is 0 Å². The highest BCUT2D eigenvalue weighted by molar-refractivity contribution is 7.10.